The van der Waals surface area contributed by atoms with Crippen molar-refractivity contribution in [2.24, 2.45) is 0 Å². The van der Waals surface area contributed by atoms with Crippen molar-refractivity contribution in [2.75, 3.05) is 39.8 Å². The summed E-state index contributed by atoms with van der Waals surface area (Å²) >= 11 is 1.76. The molecule has 1 aromatic heterocycles. The van der Waals surface area contributed by atoms with Crippen LogP contribution in [0.3, 0.4) is 0 Å². The topological polar surface area (TPSA) is 31.4 Å². The first-order valence-electron chi connectivity index (χ1n) is 7.33. The zero-order chi connectivity index (χ0) is 13.5. The van der Waals surface area contributed by atoms with E-state index < -0.39 is 0 Å². The summed E-state index contributed by atoms with van der Waals surface area (Å²) < 4.78 is 0. The highest BCUT2D eigenvalue weighted by Crippen LogP contribution is 2.12. The summed E-state index contributed by atoms with van der Waals surface area (Å²) in [5, 5.41) is 6.71. The maximum Gasteiger partial charge on any atom is 0.107 e. The highest BCUT2D eigenvalue weighted by atomic mass is 32.1. The first-order valence-corrected chi connectivity index (χ1v) is 8.21. The fourth-order valence-corrected chi connectivity index (χ4v) is 3.16. The molecule has 0 radical (unpaired) electrons. The Kier molecular flexibility index (Phi) is 6.23. The predicted molar refractivity (Wildman–Crippen MR) is 81.5 cm³/mol. The van der Waals surface area contributed by atoms with Gasteiger partial charge >= 0.3 is 0 Å². The number of likely N-dealkylation sites (N-methyl/N-ethyl adjacent to an activating group) is 1. The first-order chi connectivity index (χ1) is 9.28. The molecule has 0 bridgehead atoms. The molecule has 0 unspecified atom stereocenters. The largest absolute Gasteiger partial charge is 0.311 e. The normalized spacial score (nSPS) is 16.6. The van der Waals surface area contributed by atoms with E-state index in [4.69, 9.17) is 0 Å². The number of nitrogens with one attached hydrogen (secondary N) is 1. The van der Waals surface area contributed by atoms with Crippen molar-refractivity contribution in [3.05, 3.63) is 16.1 Å². The van der Waals surface area contributed by atoms with Crippen LogP contribution < -0.4 is 5.32 Å². The Bertz CT molecular complexity index is 360. The van der Waals surface area contributed by atoms with Gasteiger partial charge in [-0.25, -0.2) is 4.98 Å². The zero-order valence-electron chi connectivity index (χ0n) is 12.2. The Morgan fingerprint density at radius 2 is 2.21 bits per heavy atom. The van der Waals surface area contributed by atoms with Gasteiger partial charge in [-0.1, -0.05) is 6.92 Å². The van der Waals surface area contributed by atoms with Gasteiger partial charge < -0.3 is 10.2 Å². The summed E-state index contributed by atoms with van der Waals surface area (Å²) in [6, 6.07) is 0. The molecule has 19 heavy (non-hydrogen) atoms. The minimum absolute atomic E-state index is 0.901. The summed E-state index contributed by atoms with van der Waals surface area (Å²) in [5.41, 5.74) is 1.21. The third kappa shape index (κ3) is 5.18. The van der Waals surface area contributed by atoms with Gasteiger partial charge in [0.25, 0.3) is 0 Å². The van der Waals surface area contributed by atoms with E-state index in [-0.39, 0.29) is 0 Å². The molecule has 0 aliphatic carbocycles. The van der Waals surface area contributed by atoms with Crippen LogP contribution in [-0.2, 0) is 13.1 Å². The van der Waals surface area contributed by atoms with Crippen LogP contribution in [0.2, 0.25) is 0 Å². The van der Waals surface area contributed by atoms with E-state index in [0.717, 1.165) is 26.2 Å². The summed E-state index contributed by atoms with van der Waals surface area (Å²) in [6.07, 6.45) is 2.76. The van der Waals surface area contributed by atoms with Gasteiger partial charge in [-0.05, 0) is 39.5 Å². The molecule has 0 saturated carbocycles. The van der Waals surface area contributed by atoms with Crippen molar-refractivity contribution >= 4 is 11.3 Å². The van der Waals surface area contributed by atoms with Crippen LogP contribution in [-0.4, -0.2) is 54.6 Å². The van der Waals surface area contributed by atoms with Crippen LogP contribution in [0.25, 0.3) is 0 Å². The molecule has 5 heteroatoms. The monoisotopic (exact) mass is 282 g/mol. The number of rotatable bonds is 8. The van der Waals surface area contributed by atoms with Crippen molar-refractivity contribution in [1.82, 2.24) is 20.1 Å². The molecule has 2 heterocycles. The summed E-state index contributed by atoms with van der Waals surface area (Å²) in [6.45, 7) is 9.92. The quantitative estimate of drug-likeness (QED) is 0.787. The van der Waals surface area contributed by atoms with Gasteiger partial charge in [-0.15, -0.1) is 11.3 Å². The Morgan fingerprint density at radius 1 is 1.42 bits per heavy atom. The van der Waals surface area contributed by atoms with Crippen LogP contribution in [0.4, 0.5) is 0 Å². The molecular formula is C14H26N4S. The van der Waals surface area contributed by atoms with Crippen LogP contribution in [0.15, 0.2) is 5.38 Å². The SMILES string of the molecule is CCNCc1nc(CN(C)CCN2CCCC2)cs1. The van der Waals surface area contributed by atoms with E-state index >= 15 is 0 Å². The van der Waals surface area contributed by atoms with Gasteiger partial charge in [0.15, 0.2) is 0 Å². The van der Waals surface area contributed by atoms with E-state index in [0.29, 0.717) is 0 Å². The standard InChI is InChI=1S/C14H26N4S/c1-3-15-10-14-16-13(12-19-14)11-17(2)8-9-18-6-4-5-7-18/h12,15H,3-11H2,1-2H3. The van der Waals surface area contributed by atoms with Crippen LogP contribution >= 0.6 is 11.3 Å². The van der Waals surface area contributed by atoms with Crippen molar-refractivity contribution in [1.29, 1.82) is 0 Å². The van der Waals surface area contributed by atoms with E-state index in [1.807, 2.05) is 0 Å². The molecule has 0 aromatic carbocycles. The molecule has 0 atom stereocenters. The molecule has 1 aliphatic rings. The van der Waals surface area contributed by atoms with Gasteiger partial charge in [0.2, 0.25) is 0 Å². The van der Waals surface area contributed by atoms with Crippen LogP contribution in [0, 0.1) is 0 Å². The molecular weight excluding hydrogens is 256 g/mol. The fraction of sp³-hybridized carbons (Fsp3) is 0.786. The lowest BCUT2D eigenvalue weighted by Crippen LogP contribution is -2.31. The van der Waals surface area contributed by atoms with Crippen LogP contribution in [0.5, 0.6) is 0 Å². The average Bonchev–Trinajstić information content (AvgIpc) is 3.05. The number of likely N-dealkylation sites (tertiary alicyclic amines) is 1. The van der Waals surface area contributed by atoms with E-state index in [2.05, 4.69) is 39.5 Å². The minimum Gasteiger partial charge on any atom is -0.311 e. The Hall–Kier alpha value is -0.490. The Morgan fingerprint density at radius 3 is 2.95 bits per heavy atom. The molecule has 1 aromatic rings. The predicted octanol–water partition coefficient (Wildman–Crippen LogP) is 1.78. The van der Waals surface area contributed by atoms with Crippen molar-refractivity contribution in [3.8, 4) is 0 Å². The molecule has 1 saturated heterocycles. The highest BCUT2D eigenvalue weighted by Gasteiger charge is 2.12. The second-order valence-electron chi connectivity index (χ2n) is 5.30. The number of thiazole rings is 1. The van der Waals surface area contributed by atoms with E-state index in [1.165, 1.54) is 43.2 Å². The molecule has 1 aliphatic heterocycles. The lowest BCUT2D eigenvalue weighted by Gasteiger charge is -2.20. The fourth-order valence-electron chi connectivity index (χ4n) is 2.41. The molecule has 1 fully saturated rings. The van der Waals surface area contributed by atoms with Gasteiger partial charge in [-0.2, -0.15) is 0 Å². The number of nitrogens with zero attached hydrogens (tertiary/aromatic N) is 3. The third-order valence-electron chi connectivity index (χ3n) is 3.55. The number of hydrogen-bond donors (Lipinski definition) is 1. The third-order valence-corrected chi connectivity index (χ3v) is 4.45. The lowest BCUT2D eigenvalue weighted by atomic mass is 10.4. The first kappa shape index (κ1) is 14.9. The van der Waals surface area contributed by atoms with E-state index in [9.17, 15) is 0 Å². The molecule has 0 spiro atoms. The van der Waals surface area contributed by atoms with Crippen molar-refractivity contribution in [3.63, 3.8) is 0 Å². The summed E-state index contributed by atoms with van der Waals surface area (Å²) in [7, 11) is 2.19. The average molecular weight is 282 g/mol. The molecule has 1 N–H and O–H groups in total. The summed E-state index contributed by atoms with van der Waals surface area (Å²) in [5.74, 6) is 0. The molecule has 4 nitrogen and oxygen atoms in total. The van der Waals surface area contributed by atoms with Gasteiger partial charge in [0, 0.05) is 31.6 Å². The maximum atomic E-state index is 4.67. The second kappa shape index (κ2) is 7.94. The van der Waals surface area contributed by atoms with E-state index in [1.54, 1.807) is 11.3 Å². The number of hydrogen-bond acceptors (Lipinski definition) is 5. The van der Waals surface area contributed by atoms with Crippen LogP contribution in [0.1, 0.15) is 30.5 Å². The molecule has 2 rings (SSSR count). The Balaban J connectivity index is 1.68. The maximum absolute atomic E-state index is 4.67. The van der Waals surface area contributed by atoms with Crippen molar-refractivity contribution < 1.29 is 0 Å². The van der Waals surface area contributed by atoms with Gasteiger partial charge in [-0.3, -0.25) is 4.90 Å². The molecule has 0 amide bonds. The minimum atomic E-state index is 0.901. The lowest BCUT2D eigenvalue weighted by molar-refractivity contribution is 0.251. The zero-order valence-corrected chi connectivity index (χ0v) is 13.0. The molecule has 108 valence electrons. The Labute approximate surface area is 120 Å². The highest BCUT2D eigenvalue weighted by molar-refractivity contribution is 7.09. The van der Waals surface area contributed by atoms with Crippen molar-refractivity contribution in [2.45, 2.75) is 32.9 Å². The van der Waals surface area contributed by atoms with Gasteiger partial charge in [0.05, 0.1) is 5.69 Å². The van der Waals surface area contributed by atoms with Gasteiger partial charge in [0.1, 0.15) is 5.01 Å². The summed E-state index contributed by atoms with van der Waals surface area (Å²) in [4.78, 5) is 9.61. The second-order valence-corrected chi connectivity index (χ2v) is 6.24. The number of aromatic nitrogens is 1. The smallest absolute Gasteiger partial charge is 0.107 e.